The van der Waals surface area contributed by atoms with E-state index < -0.39 is 10.0 Å². The number of hydrogen-bond donors (Lipinski definition) is 1. The monoisotopic (exact) mass is 495 g/mol. The normalized spacial score (nSPS) is 15.0. The first-order valence-electron chi connectivity index (χ1n) is 9.69. The molecule has 162 valence electrons. The standard InChI is InChI=1S/C21H26BrN3O4S/c1-30(27,28)25(20-8-6-19(22)7-9-20)16-21(26)23-14-17-2-4-18(5-3-17)15-24-10-12-29-13-11-24/h2-9H,10-16H2,1H3,(H,23,26). The number of rotatable bonds is 8. The molecule has 2 aromatic carbocycles. The fourth-order valence-electron chi connectivity index (χ4n) is 3.17. The molecule has 7 nitrogen and oxygen atoms in total. The summed E-state index contributed by atoms with van der Waals surface area (Å²) in [6, 6.07) is 14.9. The van der Waals surface area contributed by atoms with Gasteiger partial charge in [-0.1, -0.05) is 40.2 Å². The Balaban J connectivity index is 1.54. The van der Waals surface area contributed by atoms with Gasteiger partial charge in [0, 0.05) is 30.7 Å². The lowest BCUT2D eigenvalue weighted by molar-refractivity contribution is -0.119. The minimum Gasteiger partial charge on any atom is -0.379 e. The van der Waals surface area contributed by atoms with E-state index in [9.17, 15) is 13.2 Å². The van der Waals surface area contributed by atoms with Gasteiger partial charge in [0.2, 0.25) is 15.9 Å². The number of sulfonamides is 1. The number of halogens is 1. The zero-order valence-corrected chi connectivity index (χ0v) is 19.3. The van der Waals surface area contributed by atoms with Gasteiger partial charge in [0.1, 0.15) is 6.54 Å². The van der Waals surface area contributed by atoms with Crippen molar-refractivity contribution in [2.75, 3.05) is 43.4 Å². The number of hydrogen-bond acceptors (Lipinski definition) is 5. The van der Waals surface area contributed by atoms with E-state index in [4.69, 9.17) is 4.74 Å². The maximum atomic E-state index is 12.4. The summed E-state index contributed by atoms with van der Waals surface area (Å²) in [5, 5.41) is 2.80. The third-order valence-electron chi connectivity index (χ3n) is 4.82. The predicted octanol–water partition coefficient (Wildman–Crippen LogP) is 2.36. The highest BCUT2D eigenvalue weighted by Gasteiger charge is 2.20. The van der Waals surface area contributed by atoms with Crippen LogP contribution in [0.5, 0.6) is 0 Å². The maximum absolute atomic E-state index is 12.4. The molecule has 3 rings (SSSR count). The number of morpholine rings is 1. The molecule has 1 aliphatic rings. The molecule has 0 atom stereocenters. The molecule has 1 N–H and O–H groups in total. The van der Waals surface area contributed by atoms with Gasteiger partial charge in [-0.3, -0.25) is 14.0 Å². The van der Waals surface area contributed by atoms with Gasteiger partial charge in [-0.15, -0.1) is 0 Å². The second-order valence-corrected chi connectivity index (χ2v) is 10.1. The molecule has 1 saturated heterocycles. The Morgan fingerprint density at radius 2 is 1.67 bits per heavy atom. The minimum absolute atomic E-state index is 0.268. The van der Waals surface area contributed by atoms with Crippen molar-refractivity contribution in [2.45, 2.75) is 13.1 Å². The molecule has 0 aliphatic carbocycles. The third kappa shape index (κ3) is 6.80. The average Bonchev–Trinajstić information content (AvgIpc) is 2.72. The first-order valence-corrected chi connectivity index (χ1v) is 12.3. The summed E-state index contributed by atoms with van der Waals surface area (Å²) in [5.74, 6) is -0.360. The van der Waals surface area contributed by atoms with Gasteiger partial charge in [-0.05, 0) is 35.4 Å². The summed E-state index contributed by atoms with van der Waals surface area (Å²) in [6.07, 6.45) is 1.09. The van der Waals surface area contributed by atoms with Crippen molar-refractivity contribution < 1.29 is 17.9 Å². The smallest absolute Gasteiger partial charge is 0.241 e. The largest absolute Gasteiger partial charge is 0.379 e. The van der Waals surface area contributed by atoms with Crippen LogP contribution in [0.15, 0.2) is 53.0 Å². The van der Waals surface area contributed by atoms with Crippen molar-refractivity contribution in [3.63, 3.8) is 0 Å². The Labute approximate surface area is 186 Å². The van der Waals surface area contributed by atoms with E-state index in [0.29, 0.717) is 12.2 Å². The van der Waals surface area contributed by atoms with E-state index in [0.717, 1.165) is 53.4 Å². The van der Waals surface area contributed by atoms with Gasteiger partial charge in [0.25, 0.3) is 0 Å². The highest BCUT2D eigenvalue weighted by Crippen LogP contribution is 2.20. The maximum Gasteiger partial charge on any atom is 0.241 e. The van der Waals surface area contributed by atoms with Crippen molar-refractivity contribution in [3.8, 4) is 0 Å². The van der Waals surface area contributed by atoms with E-state index >= 15 is 0 Å². The van der Waals surface area contributed by atoms with Crippen LogP contribution in [0.1, 0.15) is 11.1 Å². The molecule has 0 aromatic heterocycles. The Bertz CT molecular complexity index is 943. The summed E-state index contributed by atoms with van der Waals surface area (Å²) in [6.45, 7) is 4.38. The molecule has 30 heavy (non-hydrogen) atoms. The van der Waals surface area contributed by atoms with E-state index in [1.807, 2.05) is 12.1 Å². The number of anilines is 1. The lowest BCUT2D eigenvalue weighted by Gasteiger charge is -2.26. The van der Waals surface area contributed by atoms with E-state index in [-0.39, 0.29) is 12.5 Å². The first kappa shape index (κ1) is 22.7. The zero-order valence-electron chi connectivity index (χ0n) is 16.9. The van der Waals surface area contributed by atoms with E-state index in [1.54, 1.807) is 24.3 Å². The third-order valence-corrected chi connectivity index (χ3v) is 6.49. The van der Waals surface area contributed by atoms with Crippen LogP contribution < -0.4 is 9.62 Å². The molecule has 0 spiro atoms. The van der Waals surface area contributed by atoms with Crippen LogP contribution in [0.4, 0.5) is 5.69 Å². The van der Waals surface area contributed by atoms with Gasteiger partial charge in [0.05, 0.1) is 25.2 Å². The van der Waals surface area contributed by atoms with E-state index in [1.165, 1.54) is 5.56 Å². The molecule has 1 aliphatic heterocycles. The lowest BCUT2D eigenvalue weighted by Crippen LogP contribution is -2.40. The molecule has 0 radical (unpaired) electrons. The summed E-state index contributed by atoms with van der Waals surface area (Å²) in [5.41, 5.74) is 2.62. The molecule has 0 saturated carbocycles. The average molecular weight is 496 g/mol. The molecule has 0 bridgehead atoms. The van der Waals surface area contributed by atoms with Crippen molar-refractivity contribution in [3.05, 3.63) is 64.1 Å². The molecular weight excluding hydrogens is 470 g/mol. The quantitative estimate of drug-likeness (QED) is 0.607. The number of amides is 1. The van der Waals surface area contributed by atoms with Crippen LogP contribution in [0.3, 0.4) is 0 Å². The number of nitrogens with zero attached hydrogens (tertiary/aromatic N) is 2. The summed E-state index contributed by atoms with van der Waals surface area (Å²) < 4.78 is 31.6. The molecule has 0 unspecified atom stereocenters. The topological polar surface area (TPSA) is 79.0 Å². The van der Waals surface area contributed by atoms with Crippen LogP contribution in [0, 0.1) is 0 Å². The number of benzene rings is 2. The second-order valence-electron chi connectivity index (χ2n) is 7.23. The van der Waals surface area contributed by atoms with Gasteiger partial charge in [0.15, 0.2) is 0 Å². The van der Waals surface area contributed by atoms with Crippen molar-refractivity contribution in [2.24, 2.45) is 0 Å². The van der Waals surface area contributed by atoms with Gasteiger partial charge >= 0.3 is 0 Å². The Morgan fingerprint density at radius 3 is 2.27 bits per heavy atom. The lowest BCUT2D eigenvalue weighted by atomic mass is 10.1. The summed E-state index contributed by atoms with van der Waals surface area (Å²) >= 11 is 3.32. The van der Waals surface area contributed by atoms with Gasteiger partial charge in [-0.25, -0.2) is 8.42 Å². The minimum atomic E-state index is -3.58. The molecule has 1 fully saturated rings. The molecular formula is C21H26BrN3O4S. The number of carbonyl (C=O) groups is 1. The Kier molecular flexibility index (Phi) is 7.87. The van der Waals surface area contributed by atoms with Crippen LogP contribution in [0.25, 0.3) is 0 Å². The molecule has 1 amide bonds. The van der Waals surface area contributed by atoms with Crippen molar-refractivity contribution in [1.82, 2.24) is 10.2 Å². The highest BCUT2D eigenvalue weighted by atomic mass is 79.9. The van der Waals surface area contributed by atoms with Crippen LogP contribution in [-0.4, -0.2) is 58.3 Å². The van der Waals surface area contributed by atoms with Crippen molar-refractivity contribution in [1.29, 1.82) is 0 Å². The van der Waals surface area contributed by atoms with Crippen LogP contribution in [-0.2, 0) is 32.6 Å². The summed E-state index contributed by atoms with van der Waals surface area (Å²) in [7, 11) is -3.58. The van der Waals surface area contributed by atoms with Gasteiger partial charge in [-0.2, -0.15) is 0 Å². The second kappa shape index (κ2) is 10.4. The van der Waals surface area contributed by atoms with Crippen molar-refractivity contribution >= 4 is 37.5 Å². The summed E-state index contributed by atoms with van der Waals surface area (Å²) in [4.78, 5) is 14.7. The first-order chi connectivity index (χ1) is 14.3. The predicted molar refractivity (Wildman–Crippen MR) is 121 cm³/mol. The zero-order chi connectivity index (χ0) is 21.6. The molecule has 9 heteroatoms. The Hall–Kier alpha value is -1.94. The molecule has 1 heterocycles. The fraction of sp³-hybridized carbons (Fsp3) is 0.381. The number of carbonyl (C=O) groups excluding carboxylic acids is 1. The highest BCUT2D eigenvalue weighted by molar-refractivity contribution is 9.10. The number of ether oxygens (including phenoxy) is 1. The van der Waals surface area contributed by atoms with Gasteiger partial charge < -0.3 is 10.1 Å². The molecule has 2 aromatic rings. The number of nitrogens with one attached hydrogen (secondary N) is 1. The fourth-order valence-corrected chi connectivity index (χ4v) is 4.30. The Morgan fingerprint density at radius 1 is 1.07 bits per heavy atom. The van der Waals surface area contributed by atoms with Crippen LogP contribution in [0.2, 0.25) is 0 Å². The van der Waals surface area contributed by atoms with Crippen LogP contribution >= 0.6 is 15.9 Å². The SMILES string of the molecule is CS(=O)(=O)N(CC(=O)NCc1ccc(CN2CCOCC2)cc1)c1ccc(Br)cc1. The van der Waals surface area contributed by atoms with E-state index in [2.05, 4.69) is 38.3 Å².